The van der Waals surface area contributed by atoms with E-state index in [-0.39, 0.29) is 22.3 Å². The maximum atomic E-state index is 13.9. The van der Waals surface area contributed by atoms with Crippen LogP contribution in [0, 0.1) is 0 Å². The zero-order chi connectivity index (χ0) is 41.2. The molecule has 5 aromatic rings. The van der Waals surface area contributed by atoms with E-state index in [4.69, 9.17) is 4.74 Å². The van der Waals surface area contributed by atoms with Gasteiger partial charge in [0.15, 0.2) is 21.7 Å². The summed E-state index contributed by atoms with van der Waals surface area (Å²) < 4.78 is 30.3. The molecule has 0 aliphatic heterocycles. The maximum Gasteiger partial charge on any atom is 0.330 e. The van der Waals surface area contributed by atoms with Crippen LogP contribution in [0.1, 0.15) is 91.5 Å². The molecule has 300 valence electrons. The predicted octanol–water partition coefficient (Wildman–Crippen LogP) is 8.21. The number of ether oxygens (including phenoxy) is 1. The van der Waals surface area contributed by atoms with Crippen LogP contribution in [0.4, 0.5) is 0 Å². The summed E-state index contributed by atoms with van der Waals surface area (Å²) >= 11 is 1.32. The van der Waals surface area contributed by atoms with Crippen molar-refractivity contribution in [2.24, 2.45) is 0 Å². The molecule has 3 aromatic carbocycles. The van der Waals surface area contributed by atoms with Gasteiger partial charge in [0.1, 0.15) is 11.8 Å². The summed E-state index contributed by atoms with van der Waals surface area (Å²) in [6.07, 6.45) is 10.5. The SMILES string of the molecule is CCCCCCCOc1ccc(-c2cnc(-c3ccc(CC(NC(=O)c4ccc(C(C)(C)C)s4)C(=O)NC(C(=O)O)c4cccc(S(C)(=O)=O)c4)cc3)nc2)cc1. The van der Waals surface area contributed by atoms with Gasteiger partial charge >= 0.3 is 5.97 Å². The van der Waals surface area contributed by atoms with Gasteiger partial charge in [-0.05, 0) is 64.9 Å². The topological polar surface area (TPSA) is 165 Å². The van der Waals surface area contributed by atoms with Gasteiger partial charge in [0, 0.05) is 41.1 Å². The number of hydrogen-bond acceptors (Lipinski definition) is 9. The fraction of sp³-hybridized carbons (Fsp3) is 0.341. The van der Waals surface area contributed by atoms with Gasteiger partial charge in [-0.1, -0.05) is 102 Å². The summed E-state index contributed by atoms with van der Waals surface area (Å²) in [7, 11) is -3.65. The van der Waals surface area contributed by atoms with Gasteiger partial charge in [0.2, 0.25) is 5.91 Å². The highest BCUT2D eigenvalue weighted by atomic mass is 32.2. The highest BCUT2D eigenvalue weighted by Gasteiger charge is 2.30. The highest BCUT2D eigenvalue weighted by Crippen LogP contribution is 2.30. The molecule has 2 unspecified atom stereocenters. The Hall–Kier alpha value is -5.40. The monoisotopic (exact) mass is 810 g/mol. The number of aromatic nitrogens is 2. The molecule has 11 nitrogen and oxygen atoms in total. The molecule has 0 radical (unpaired) electrons. The van der Waals surface area contributed by atoms with E-state index in [1.165, 1.54) is 61.3 Å². The number of carboxylic acid groups (broad SMARTS) is 1. The van der Waals surface area contributed by atoms with E-state index in [0.29, 0.717) is 22.9 Å². The second-order valence-electron chi connectivity index (χ2n) is 15.0. The molecular formula is C44H50N4O7S2. The number of nitrogens with one attached hydrogen (secondary N) is 2. The fourth-order valence-electron chi connectivity index (χ4n) is 6.05. The van der Waals surface area contributed by atoms with Crippen LogP contribution in [-0.2, 0) is 31.3 Å². The Morgan fingerprint density at radius 2 is 1.49 bits per heavy atom. The van der Waals surface area contributed by atoms with E-state index in [0.717, 1.165) is 40.0 Å². The largest absolute Gasteiger partial charge is 0.494 e. The first-order valence-corrected chi connectivity index (χ1v) is 21.7. The summed E-state index contributed by atoms with van der Waals surface area (Å²) in [6, 6.07) is 21.3. The van der Waals surface area contributed by atoms with Gasteiger partial charge in [-0.25, -0.2) is 23.2 Å². The van der Waals surface area contributed by atoms with Crippen LogP contribution >= 0.6 is 11.3 Å². The van der Waals surface area contributed by atoms with E-state index in [2.05, 4.69) is 27.5 Å². The number of nitrogens with zero attached hydrogens (tertiary/aromatic N) is 2. The van der Waals surface area contributed by atoms with E-state index in [1.807, 2.05) is 63.2 Å². The second-order valence-corrected chi connectivity index (χ2v) is 18.1. The zero-order valence-electron chi connectivity index (χ0n) is 32.9. The first kappa shape index (κ1) is 42.7. The maximum absolute atomic E-state index is 13.9. The Morgan fingerprint density at radius 3 is 2.11 bits per heavy atom. The lowest BCUT2D eigenvalue weighted by atomic mass is 9.95. The van der Waals surface area contributed by atoms with Gasteiger partial charge in [-0.2, -0.15) is 0 Å². The van der Waals surface area contributed by atoms with Crippen molar-refractivity contribution >= 4 is 39.0 Å². The van der Waals surface area contributed by atoms with Crippen molar-refractivity contribution in [1.29, 1.82) is 0 Å². The molecule has 0 aliphatic carbocycles. The zero-order valence-corrected chi connectivity index (χ0v) is 34.6. The summed E-state index contributed by atoms with van der Waals surface area (Å²) in [5, 5.41) is 15.4. The number of hydrogen-bond donors (Lipinski definition) is 3. The molecule has 0 aliphatic rings. The lowest BCUT2D eigenvalue weighted by Crippen LogP contribution is -2.49. The molecule has 2 aromatic heterocycles. The number of carbonyl (C=O) groups is 3. The minimum atomic E-state index is -3.65. The number of carbonyl (C=O) groups excluding carboxylic acids is 2. The van der Waals surface area contributed by atoms with Crippen molar-refractivity contribution < 1.29 is 32.6 Å². The number of thiophene rings is 1. The molecule has 13 heteroatoms. The number of benzene rings is 3. The average molecular weight is 811 g/mol. The second kappa shape index (κ2) is 19.2. The Kier molecular flexibility index (Phi) is 14.4. The van der Waals surface area contributed by atoms with Gasteiger partial charge in [-0.15, -0.1) is 11.3 Å². The average Bonchev–Trinajstić information content (AvgIpc) is 3.70. The smallest absolute Gasteiger partial charge is 0.330 e. The predicted molar refractivity (Wildman–Crippen MR) is 223 cm³/mol. The van der Waals surface area contributed by atoms with Crippen LogP contribution in [-0.4, -0.2) is 60.2 Å². The number of aliphatic carboxylic acids is 1. The number of amides is 2. The van der Waals surface area contributed by atoms with Gasteiger partial charge in [-0.3, -0.25) is 9.59 Å². The third-order valence-electron chi connectivity index (χ3n) is 9.35. The van der Waals surface area contributed by atoms with Crippen LogP contribution in [0.3, 0.4) is 0 Å². The first-order chi connectivity index (χ1) is 27.1. The Balaban J connectivity index is 1.30. The van der Waals surface area contributed by atoms with Crippen LogP contribution in [0.15, 0.2) is 102 Å². The number of carboxylic acids is 1. The van der Waals surface area contributed by atoms with Gasteiger partial charge in [0.25, 0.3) is 5.91 Å². The summed E-state index contributed by atoms with van der Waals surface area (Å²) in [5.74, 6) is -1.29. The van der Waals surface area contributed by atoms with Crippen molar-refractivity contribution in [2.75, 3.05) is 12.9 Å². The fourth-order valence-corrected chi connectivity index (χ4v) is 7.69. The number of unbranched alkanes of at least 4 members (excludes halogenated alkanes) is 4. The van der Waals surface area contributed by atoms with Crippen LogP contribution in [0.2, 0.25) is 0 Å². The Labute approximate surface area is 338 Å². The first-order valence-electron chi connectivity index (χ1n) is 19.0. The molecule has 0 saturated carbocycles. The lowest BCUT2D eigenvalue weighted by molar-refractivity contribution is -0.142. The Bertz CT molecular complexity index is 2250. The molecule has 57 heavy (non-hydrogen) atoms. The highest BCUT2D eigenvalue weighted by molar-refractivity contribution is 7.90. The standard InChI is InChI=1S/C44H50N4O7S2/c1-6-7-8-9-10-24-55-34-20-18-30(19-21-34)33-27-45-40(46-28-33)31-16-14-29(15-17-31)25-36(47-42(50)37-22-23-38(56-37)44(2,3)4)41(49)48-39(43(51)52)32-12-11-13-35(26-32)57(5,53)54/h11-23,26-28,36,39H,6-10,24-25H2,1-5H3,(H,47,50)(H,48,49)(H,51,52). The van der Waals surface area contributed by atoms with Gasteiger partial charge < -0.3 is 20.5 Å². The van der Waals surface area contributed by atoms with Crippen LogP contribution in [0.25, 0.3) is 22.5 Å². The summed E-state index contributed by atoms with van der Waals surface area (Å²) in [6.45, 7) is 9.02. The summed E-state index contributed by atoms with van der Waals surface area (Å²) in [4.78, 5) is 50.3. The lowest BCUT2D eigenvalue weighted by Gasteiger charge is -2.22. The minimum Gasteiger partial charge on any atom is -0.494 e. The van der Waals surface area contributed by atoms with Crippen molar-refractivity contribution in [3.8, 4) is 28.3 Å². The molecule has 0 saturated heterocycles. The molecular weight excluding hydrogens is 761 g/mol. The summed E-state index contributed by atoms with van der Waals surface area (Å²) in [5.41, 5.74) is 3.13. The third kappa shape index (κ3) is 12.0. The van der Waals surface area contributed by atoms with Crippen molar-refractivity contribution in [1.82, 2.24) is 20.6 Å². The normalized spacial score (nSPS) is 12.7. The van der Waals surface area contributed by atoms with E-state index >= 15 is 0 Å². The van der Waals surface area contributed by atoms with Crippen molar-refractivity contribution in [2.45, 2.75) is 88.6 Å². The number of sulfone groups is 1. The van der Waals surface area contributed by atoms with Crippen LogP contribution in [0.5, 0.6) is 5.75 Å². The van der Waals surface area contributed by atoms with Gasteiger partial charge in [0.05, 0.1) is 16.4 Å². The Morgan fingerprint density at radius 1 is 0.825 bits per heavy atom. The minimum absolute atomic E-state index is 0.0312. The molecule has 2 amide bonds. The van der Waals surface area contributed by atoms with Crippen molar-refractivity contribution in [3.05, 3.63) is 118 Å². The molecule has 0 bridgehead atoms. The third-order valence-corrected chi connectivity index (χ3v) is 12.0. The molecule has 2 atom stereocenters. The molecule has 3 N–H and O–H groups in total. The quantitative estimate of drug-likeness (QED) is 0.0740. The molecule has 0 fully saturated rings. The molecule has 5 rings (SSSR count). The number of rotatable bonds is 18. The van der Waals surface area contributed by atoms with Crippen LogP contribution < -0.4 is 15.4 Å². The van der Waals surface area contributed by atoms with E-state index in [1.54, 1.807) is 30.6 Å². The molecule has 0 spiro atoms. The van der Waals surface area contributed by atoms with E-state index in [9.17, 15) is 27.9 Å². The van der Waals surface area contributed by atoms with E-state index < -0.39 is 39.7 Å². The van der Waals surface area contributed by atoms with Crippen molar-refractivity contribution in [3.63, 3.8) is 0 Å². The molecule has 2 heterocycles.